The van der Waals surface area contributed by atoms with Crippen LogP contribution in [0.1, 0.15) is 24.2 Å². The highest BCUT2D eigenvalue weighted by Crippen LogP contribution is 2.36. The topological polar surface area (TPSA) is 73.2 Å². The minimum Gasteiger partial charge on any atom is -0.462 e. The quantitative estimate of drug-likeness (QED) is 0.500. The summed E-state index contributed by atoms with van der Waals surface area (Å²) in [5.41, 5.74) is 1.34. The molecule has 0 saturated heterocycles. The Morgan fingerprint density at radius 3 is 2.82 bits per heavy atom. The van der Waals surface area contributed by atoms with E-state index in [1.807, 2.05) is 0 Å². The summed E-state index contributed by atoms with van der Waals surface area (Å²) in [6, 6.07) is 6.38. The molecule has 120 valence electrons. The molecule has 0 bridgehead atoms. The van der Waals surface area contributed by atoms with Gasteiger partial charge in [0.25, 0.3) is 0 Å². The zero-order valence-corrected chi connectivity index (χ0v) is 13.4. The van der Waals surface area contributed by atoms with E-state index in [9.17, 15) is 15.0 Å². The second-order valence-corrected chi connectivity index (χ2v) is 5.48. The summed E-state index contributed by atoms with van der Waals surface area (Å²) in [6.07, 6.45) is 0.421. The molecule has 1 aromatic carbocycles. The highest BCUT2D eigenvalue weighted by Gasteiger charge is 2.44. The van der Waals surface area contributed by atoms with E-state index in [-0.39, 0.29) is 6.61 Å². The third-order valence-corrected chi connectivity index (χ3v) is 3.99. The maximum absolute atomic E-state index is 11.8. The van der Waals surface area contributed by atoms with Crippen LogP contribution in [0.25, 0.3) is 0 Å². The number of esters is 1. The van der Waals surface area contributed by atoms with Gasteiger partial charge in [-0.3, -0.25) is 4.90 Å². The second kappa shape index (κ2) is 6.16. The fourth-order valence-corrected chi connectivity index (χ4v) is 2.60. The van der Waals surface area contributed by atoms with Crippen LogP contribution in [0.3, 0.4) is 0 Å². The zero-order valence-electron chi connectivity index (χ0n) is 12.7. The van der Waals surface area contributed by atoms with Gasteiger partial charge < -0.3 is 19.8 Å². The largest absolute Gasteiger partial charge is 0.462 e. The highest BCUT2D eigenvalue weighted by atomic mass is 35.5. The van der Waals surface area contributed by atoms with Gasteiger partial charge in [0.1, 0.15) is 0 Å². The van der Waals surface area contributed by atoms with Crippen LogP contribution < -0.4 is 4.90 Å². The number of hydrogen-bond donors (Lipinski definition) is 2. The van der Waals surface area contributed by atoms with Crippen molar-refractivity contribution in [2.24, 2.45) is 0 Å². The summed E-state index contributed by atoms with van der Waals surface area (Å²) in [4.78, 5) is 14.4. The molecule has 0 fully saturated rings. The fourth-order valence-electron chi connectivity index (χ4n) is 2.27. The molecule has 0 aliphatic carbocycles. The average Bonchev–Trinajstić information content (AvgIpc) is 2.45. The molecular weight excluding hydrogens is 308 g/mol. The molecular formula is C15H19ClN2O4. The van der Waals surface area contributed by atoms with E-state index in [0.717, 1.165) is 0 Å². The number of hydrogen-bond acceptors (Lipinski definition) is 6. The molecule has 2 rings (SSSR count). The van der Waals surface area contributed by atoms with E-state index < -0.39 is 17.5 Å². The van der Waals surface area contributed by atoms with Gasteiger partial charge in [-0.05, 0) is 49.7 Å². The predicted molar refractivity (Wildman–Crippen MR) is 83.2 cm³/mol. The van der Waals surface area contributed by atoms with E-state index in [1.165, 1.54) is 15.9 Å². The Morgan fingerprint density at radius 2 is 2.18 bits per heavy atom. The average molecular weight is 327 g/mol. The van der Waals surface area contributed by atoms with E-state index in [0.29, 0.717) is 16.9 Å². The summed E-state index contributed by atoms with van der Waals surface area (Å²) < 4.78 is 4.95. The van der Waals surface area contributed by atoms with Crippen LogP contribution in [0.15, 0.2) is 36.0 Å². The maximum Gasteiger partial charge on any atom is 0.338 e. The number of halogens is 1. The predicted octanol–water partition coefficient (Wildman–Crippen LogP) is 1.68. The number of alkyl halides is 1. The van der Waals surface area contributed by atoms with Gasteiger partial charge in [-0.2, -0.15) is 0 Å². The van der Waals surface area contributed by atoms with Gasteiger partial charge in [0, 0.05) is 18.4 Å². The summed E-state index contributed by atoms with van der Waals surface area (Å²) >= 11 is 6.20. The van der Waals surface area contributed by atoms with E-state index in [2.05, 4.69) is 0 Å². The molecule has 0 spiro atoms. The van der Waals surface area contributed by atoms with Crippen LogP contribution >= 0.6 is 11.6 Å². The van der Waals surface area contributed by atoms with Crippen LogP contribution in [-0.4, -0.2) is 46.3 Å². The van der Waals surface area contributed by atoms with Gasteiger partial charge in [-0.15, -0.1) is 0 Å². The van der Waals surface area contributed by atoms with Gasteiger partial charge in [0.15, 0.2) is 6.23 Å². The first kappa shape index (κ1) is 16.6. The standard InChI is InChI=1S/C15H19ClN2O4/c1-4-22-14(20)11-6-5-7-12(9-11)18-13(19)8-10(2)17(3)15(18,16)21/h5-9,13,19,21H,4H2,1-3H3. The number of carbonyl (C=O) groups is 1. The number of benzene rings is 1. The van der Waals surface area contributed by atoms with Crippen LogP contribution in [0.4, 0.5) is 5.69 Å². The van der Waals surface area contributed by atoms with Crippen molar-refractivity contribution in [2.75, 3.05) is 18.6 Å². The normalized spacial score (nSPS) is 25.0. The molecule has 1 aliphatic rings. The molecule has 2 N–H and O–H groups in total. The molecule has 0 saturated carbocycles. The van der Waals surface area contributed by atoms with Crippen molar-refractivity contribution < 1.29 is 19.7 Å². The zero-order chi connectivity index (χ0) is 16.5. The summed E-state index contributed by atoms with van der Waals surface area (Å²) in [7, 11) is 1.60. The van der Waals surface area contributed by atoms with Crippen molar-refractivity contribution in [1.82, 2.24) is 4.90 Å². The molecule has 7 heteroatoms. The number of ether oxygens (including phenoxy) is 1. The maximum atomic E-state index is 11.8. The van der Waals surface area contributed by atoms with Gasteiger partial charge in [-0.1, -0.05) is 6.07 Å². The monoisotopic (exact) mass is 326 g/mol. The van der Waals surface area contributed by atoms with E-state index in [1.54, 1.807) is 45.2 Å². The molecule has 0 amide bonds. The van der Waals surface area contributed by atoms with Crippen molar-refractivity contribution in [3.63, 3.8) is 0 Å². The highest BCUT2D eigenvalue weighted by molar-refractivity contribution is 6.24. The minimum absolute atomic E-state index is 0.263. The number of aliphatic hydroxyl groups excluding tert-OH is 1. The molecule has 1 aromatic rings. The number of carbonyl (C=O) groups excluding carboxylic acids is 1. The lowest BCUT2D eigenvalue weighted by atomic mass is 10.1. The summed E-state index contributed by atoms with van der Waals surface area (Å²) in [5, 5.41) is 18.8. The van der Waals surface area contributed by atoms with Gasteiger partial charge >= 0.3 is 11.3 Å². The van der Waals surface area contributed by atoms with Crippen molar-refractivity contribution in [2.45, 2.75) is 25.4 Å². The van der Waals surface area contributed by atoms with Crippen LogP contribution in [0.2, 0.25) is 0 Å². The Labute approximate surface area is 134 Å². The molecule has 0 radical (unpaired) electrons. The first-order valence-electron chi connectivity index (χ1n) is 6.87. The third-order valence-electron chi connectivity index (χ3n) is 3.55. The first-order valence-corrected chi connectivity index (χ1v) is 7.25. The van der Waals surface area contributed by atoms with Crippen molar-refractivity contribution >= 4 is 23.3 Å². The summed E-state index contributed by atoms with van der Waals surface area (Å²) in [6.45, 7) is 3.71. The Kier molecular flexibility index (Phi) is 4.65. The molecule has 2 unspecified atom stereocenters. The molecule has 1 aliphatic heterocycles. The van der Waals surface area contributed by atoms with Crippen molar-refractivity contribution in [3.05, 3.63) is 41.6 Å². The summed E-state index contributed by atoms with van der Waals surface area (Å²) in [5.74, 6) is -0.478. The number of allylic oxidation sites excluding steroid dienone is 1. The number of rotatable bonds is 3. The Hall–Kier alpha value is -1.76. The number of aliphatic hydroxyl groups is 2. The minimum atomic E-state index is -1.95. The molecule has 1 heterocycles. The van der Waals surface area contributed by atoms with Crippen molar-refractivity contribution in [1.29, 1.82) is 0 Å². The van der Waals surface area contributed by atoms with E-state index in [4.69, 9.17) is 16.3 Å². The lowest BCUT2D eigenvalue weighted by Crippen LogP contribution is -2.61. The lowest BCUT2D eigenvalue weighted by molar-refractivity contribution is -0.0371. The second-order valence-electron chi connectivity index (χ2n) is 4.98. The Bertz CT molecular complexity index is 603. The Balaban J connectivity index is 2.42. The van der Waals surface area contributed by atoms with Crippen LogP contribution in [0, 0.1) is 0 Å². The van der Waals surface area contributed by atoms with Crippen molar-refractivity contribution in [3.8, 4) is 0 Å². The smallest absolute Gasteiger partial charge is 0.338 e. The third kappa shape index (κ3) is 2.90. The Morgan fingerprint density at radius 1 is 1.50 bits per heavy atom. The van der Waals surface area contributed by atoms with Crippen LogP contribution in [-0.2, 0) is 4.74 Å². The van der Waals surface area contributed by atoms with E-state index >= 15 is 0 Å². The SMILES string of the molecule is CCOC(=O)c1cccc(N2C(O)C=C(C)N(C)C2(O)Cl)c1. The fraction of sp³-hybridized carbons (Fsp3) is 0.400. The number of anilines is 1. The van der Waals surface area contributed by atoms with Gasteiger partial charge in [0.2, 0.25) is 0 Å². The van der Waals surface area contributed by atoms with Crippen LogP contribution in [0.5, 0.6) is 0 Å². The lowest BCUT2D eigenvalue weighted by Gasteiger charge is -2.48. The molecule has 2 atom stereocenters. The van der Waals surface area contributed by atoms with Gasteiger partial charge in [-0.25, -0.2) is 4.79 Å². The number of nitrogens with zero attached hydrogens (tertiary/aromatic N) is 2. The molecule has 6 nitrogen and oxygen atoms in total. The molecule has 22 heavy (non-hydrogen) atoms. The van der Waals surface area contributed by atoms with Gasteiger partial charge in [0.05, 0.1) is 12.2 Å². The first-order chi connectivity index (χ1) is 10.3. The molecule has 0 aromatic heterocycles.